The van der Waals surface area contributed by atoms with Crippen molar-refractivity contribution in [1.82, 2.24) is 5.32 Å². The molecule has 1 heterocycles. The Morgan fingerprint density at radius 3 is 2.52 bits per heavy atom. The molecule has 0 saturated carbocycles. The van der Waals surface area contributed by atoms with Gasteiger partial charge in [0.15, 0.2) is 5.57 Å². The van der Waals surface area contributed by atoms with Crippen LogP contribution in [-0.2, 0) is 19.1 Å². The SMILES string of the molecule is CCOC(=O)[C@@H]1C[C@H](C)/C(=C(\C#N)C(=O)OC(C)(C)C)N1. The van der Waals surface area contributed by atoms with Gasteiger partial charge < -0.3 is 14.8 Å². The number of hydrogen-bond acceptors (Lipinski definition) is 6. The van der Waals surface area contributed by atoms with Gasteiger partial charge >= 0.3 is 11.9 Å². The Labute approximate surface area is 125 Å². The van der Waals surface area contributed by atoms with Gasteiger partial charge in [-0.3, -0.25) is 0 Å². The van der Waals surface area contributed by atoms with Gasteiger partial charge in [-0.25, -0.2) is 9.59 Å². The maximum absolute atomic E-state index is 12.1. The first-order valence-electron chi connectivity index (χ1n) is 7.00. The Balaban J connectivity index is 2.96. The molecule has 1 N–H and O–H groups in total. The van der Waals surface area contributed by atoms with E-state index in [0.29, 0.717) is 18.7 Å². The average Bonchev–Trinajstić information content (AvgIpc) is 2.71. The molecule has 2 atom stereocenters. The number of ether oxygens (including phenoxy) is 2. The number of allylic oxidation sites excluding steroid dienone is 1. The molecule has 0 aromatic heterocycles. The van der Waals surface area contributed by atoms with Crippen molar-refractivity contribution in [3.8, 4) is 6.07 Å². The van der Waals surface area contributed by atoms with E-state index < -0.39 is 17.6 Å². The zero-order valence-electron chi connectivity index (χ0n) is 13.1. The third-order valence-electron chi connectivity index (χ3n) is 2.97. The minimum atomic E-state index is -0.678. The molecule has 21 heavy (non-hydrogen) atoms. The topological polar surface area (TPSA) is 88.4 Å². The van der Waals surface area contributed by atoms with Crippen LogP contribution in [0.5, 0.6) is 0 Å². The maximum Gasteiger partial charge on any atom is 0.351 e. The summed E-state index contributed by atoms with van der Waals surface area (Å²) in [4.78, 5) is 23.8. The highest BCUT2D eigenvalue weighted by Gasteiger charge is 2.36. The molecule has 1 aliphatic heterocycles. The number of carbonyl (C=O) groups is 2. The minimum Gasteiger partial charge on any atom is -0.464 e. The Morgan fingerprint density at radius 1 is 1.43 bits per heavy atom. The van der Waals surface area contributed by atoms with Crippen LogP contribution in [-0.4, -0.2) is 30.2 Å². The maximum atomic E-state index is 12.1. The predicted octanol–water partition coefficient (Wildman–Crippen LogP) is 1.67. The van der Waals surface area contributed by atoms with E-state index in [-0.39, 0.29) is 17.5 Å². The zero-order valence-corrected chi connectivity index (χ0v) is 13.1. The highest BCUT2D eigenvalue weighted by Crippen LogP contribution is 2.27. The summed E-state index contributed by atoms with van der Waals surface area (Å²) < 4.78 is 10.2. The third kappa shape index (κ3) is 4.48. The number of nitriles is 1. The quantitative estimate of drug-likeness (QED) is 0.484. The fourth-order valence-corrected chi connectivity index (χ4v) is 2.12. The van der Waals surface area contributed by atoms with Crippen molar-refractivity contribution in [2.75, 3.05) is 6.61 Å². The van der Waals surface area contributed by atoms with Gasteiger partial charge in [0.25, 0.3) is 0 Å². The molecule has 6 heteroatoms. The highest BCUT2D eigenvalue weighted by molar-refractivity contribution is 5.94. The lowest BCUT2D eigenvalue weighted by molar-refractivity contribution is -0.149. The van der Waals surface area contributed by atoms with Gasteiger partial charge in [-0.2, -0.15) is 5.26 Å². The van der Waals surface area contributed by atoms with Gasteiger partial charge in [-0.15, -0.1) is 0 Å². The summed E-state index contributed by atoms with van der Waals surface area (Å²) in [7, 11) is 0. The van der Waals surface area contributed by atoms with Crippen molar-refractivity contribution in [3.63, 3.8) is 0 Å². The van der Waals surface area contributed by atoms with E-state index in [1.54, 1.807) is 27.7 Å². The van der Waals surface area contributed by atoms with Gasteiger partial charge in [-0.05, 0) is 40.0 Å². The third-order valence-corrected chi connectivity index (χ3v) is 2.97. The van der Waals surface area contributed by atoms with E-state index in [1.165, 1.54) is 0 Å². The smallest absolute Gasteiger partial charge is 0.351 e. The van der Waals surface area contributed by atoms with Gasteiger partial charge in [0.05, 0.1) is 6.61 Å². The first-order chi connectivity index (χ1) is 9.69. The molecule has 1 fully saturated rings. The molecule has 0 bridgehead atoms. The summed E-state index contributed by atoms with van der Waals surface area (Å²) in [5, 5.41) is 12.2. The average molecular weight is 294 g/mol. The van der Waals surface area contributed by atoms with Crippen molar-refractivity contribution in [1.29, 1.82) is 5.26 Å². The fraction of sp³-hybridized carbons (Fsp3) is 0.667. The first-order valence-corrected chi connectivity index (χ1v) is 7.00. The van der Waals surface area contributed by atoms with Gasteiger partial charge in [0.1, 0.15) is 17.7 Å². The van der Waals surface area contributed by atoms with Crippen LogP contribution in [0.1, 0.15) is 41.0 Å². The van der Waals surface area contributed by atoms with Crippen molar-refractivity contribution >= 4 is 11.9 Å². The van der Waals surface area contributed by atoms with Crippen LogP contribution in [0.3, 0.4) is 0 Å². The zero-order chi connectivity index (χ0) is 16.2. The molecule has 1 rings (SSSR count). The molecule has 0 aromatic carbocycles. The highest BCUT2D eigenvalue weighted by atomic mass is 16.6. The van der Waals surface area contributed by atoms with E-state index in [0.717, 1.165) is 0 Å². The van der Waals surface area contributed by atoms with Crippen molar-refractivity contribution in [2.24, 2.45) is 5.92 Å². The number of carbonyl (C=O) groups excluding carboxylic acids is 2. The second-order valence-corrected chi connectivity index (χ2v) is 5.99. The summed E-state index contributed by atoms with van der Waals surface area (Å²) in [5.74, 6) is -1.16. The normalized spacial score (nSPS) is 23.8. The summed E-state index contributed by atoms with van der Waals surface area (Å²) in [6.45, 7) is 9.08. The van der Waals surface area contributed by atoms with Crippen molar-refractivity contribution < 1.29 is 19.1 Å². The predicted molar refractivity (Wildman–Crippen MR) is 75.8 cm³/mol. The molecular weight excluding hydrogens is 272 g/mol. The Bertz CT molecular complexity index is 497. The van der Waals surface area contributed by atoms with E-state index >= 15 is 0 Å². The van der Waals surface area contributed by atoms with Gasteiger partial charge in [-0.1, -0.05) is 6.92 Å². The minimum absolute atomic E-state index is 0.0794. The molecule has 0 radical (unpaired) electrons. The Hall–Kier alpha value is -2.03. The lowest BCUT2D eigenvalue weighted by atomic mass is 10.0. The van der Waals surface area contributed by atoms with Crippen molar-refractivity contribution in [3.05, 3.63) is 11.3 Å². The molecular formula is C15H22N2O4. The number of hydrogen-bond donors (Lipinski definition) is 1. The van der Waals surface area contributed by atoms with E-state index in [9.17, 15) is 14.9 Å². The largest absolute Gasteiger partial charge is 0.464 e. The second kappa shape index (κ2) is 6.61. The fourth-order valence-electron chi connectivity index (χ4n) is 2.12. The summed E-state index contributed by atoms with van der Waals surface area (Å²) >= 11 is 0. The summed E-state index contributed by atoms with van der Waals surface area (Å²) in [5.41, 5.74) is -0.309. The Morgan fingerprint density at radius 2 is 2.05 bits per heavy atom. The Kier molecular flexibility index (Phi) is 5.36. The summed E-state index contributed by atoms with van der Waals surface area (Å²) in [6.07, 6.45) is 0.488. The van der Waals surface area contributed by atoms with Gasteiger partial charge in [0, 0.05) is 5.70 Å². The number of rotatable bonds is 3. The van der Waals surface area contributed by atoms with E-state index in [1.807, 2.05) is 13.0 Å². The van der Waals surface area contributed by atoms with E-state index in [2.05, 4.69) is 5.32 Å². The molecule has 0 spiro atoms. The molecule has 6 nitrogen and oxygen atoms in total. The molecule has 1 aliphatic rings. The lowest BCUT2D eigenvalue weighted by Crippen LogP contribution is -2.33. The molecule has 0 unspecified atom stereocenters. The molecule has 1 saturated heterocycles. The van der Waals surface area contributed by atoms with Crippen LogP contribution < -0.4 is 5.32 Å². The molecule has 0 aliphatic carbocycles. The van der Waals surface area contributed by atoms with Crippen LogP contribution >= 0.6 is 0 Å². The van der Waals surface area contributed by atoms with Crippen LogP contribution in [0, 0.1) is 17.2 Å². The number of nitrogens with zero attached hydrogens (tertiary/aromatic N) is 1. The van der Waals surface area contributed by atoms with Gasteiger partial charge in [0.2, 0.25) is 0 Å². The van der Waals surface area contributed by atoms with Crippen LogP contribution in [0.15, 0.2) is 11.3 Å². The van der Waals surface area contributed by atoms with Crippen LogP contribution in [0.2, 0.25) is 0 Å². The summed E-state index contributed by atoms with van der Waals surface area (Å²) in [6, 6.07) is 1.35. The number of nitrogens with one attached hydrogen (secondary N) is 1. The second-order valence-electron chi connectivity index (χ2n) is 5.99. The van der Waals surface area contributed by atoms with Crippen LogP contribution in [0.25, 0.3) is 0 Å². The van der Waals surface area contributed by atoms with E-state index in [4.69, 9.17) is 9.47 Å². The molecule has 0 amide bonds. The monoisotopic (exact) mass is 294 g/mol. The van der Waals surface area contributed by atoms with Crippen molar-refractivity contribution in [2.45, 2.75) is 52.7 Å². The molecule has 116 valence electrons. The first kappa shape index (κ1) is 17.0. The lowest BCUT2D eigenvalue weighted by Gasteiger charge is -2.20. The number of esters is 2. The molecule has 0 aromatic rings. The van der Waals surface area contributed by atoms with Crippen LogP contribution in [0.4, 0.5) is 0 Å². The standard InChI is InChI=1S/C15H22N2O4/c1-6-20-14(19)11-7-9(2)12(17-11)10(8-16)13(18)21-15(3,4)5/h9,11,17H,6-7H2,1-5H3/b12-10-/t9-,11-/m0/s1.